The van der Waals surface area contributed by atoms with E-state index in [0.717, 1.165) is 58.4 Å². The molecule has 210 valence electrons. The monoisotopic (exact) mass is 572 g/mol. The fourth-order valence-electron chi connectivity index (χ4n) is 6.59. The Kier molecular flexibility index (Phi) is 8.23. The van der Waals surface area contributed by atoms with Gasteiger partial charge in [-0.2, -0.15) is 0 Å². The highest BCUT2D eigenvalue weighted by atomic mass is 32.2. The number of thiocarbonyl (C=S) groups is 1. The van der Waals surface area contributed by atoms with Gasteiger partial charge in [0.1, 0.15) is 4.99 Å². The highest BCUT2D eigenvalue weighted by molar-refractivity contribution is 7.98. The van der Waals surface area contributed by atoms with Gasteiger partial charge in [0.15, 0.2) is 0 Å². The first-order valence-corrected chi connectivity index (χ1v) is 15.5. The number of rotatable bonds is 8. The Morgan fingerprint density at radius 1 is 1.18 bits per heavy atom. The topological polar surface area (TPSA) is 61.9 Å². The van der Waals surface area contributed by atoms with E-state index < -0.39 is 5.92 Å². The van der Waals surface area contributed by atoms with Crippen LogP contribution < -0.4 is 16.2 Å². The van der Waals surface area contributed by atoms with E-state index in [0.29, 0.717) is 29.1 Å². The second-order valence-corrected chi connectivity index (χ2v) is 12.6. The van der Waals surface area contributed by atoms with E-state index in [2.05, 4.69) is 52.2 Å². The minimum Gasteiger partial charge on any atom is -0.371 e. The molecule has 9 heteroatoms. The van der Waals surface area contributed by atoms with Crippen molar-refractivity contribution in [3.8, 4) is 0 Å². The highest BCUT2D eigenvalue weighted by Gasteiger charge is 2.46. The van der Waals surface area contributed by atoms with E-state index in [9.17, 15) is 13.6 Å². The molecule has 2 heterocycles. The van der Waals surface area contributed by atoms with Crippen molar-refractivity contribution in [1.82, 2.24) is 20.2 Å². The summed E-state index contributed by atoms with van der Waals surface area (Å²) in [6.45, 7) is 6.68. The number of hydrogen-bond acceptors (Lipinski definition) is 4. The largest absolute Gasteiger partial charge is 0.371 e. The number of nitrogens with one attached hydrogen (secondary N) is 3. The Labute approximate surface area is 238 Å². The fraction of sp³-hybridized carbons (Fsp3) is 0.533. The Morgan fingerprint density at radius 2 is 1.87 bits per heavy atom. The number of fused-ring (bicyclic) bond motifs is 1. The van der Waals surface area contributed by atoms with Crippen LogP contribution in [0.1, 0.15) is 74.0 Å². The minimum absolute atomic E-state index is 0.0223. The molecule has 0 spiro atoms. The van der Waals surface area contributed by atoms with Gasteiger partial charge in [-0.05, 0) is 70.8 Å². The average Bonchev–Trinajstić information content (AvgIpc) is 3.18. The van der Waals surface area contributed by atoms with Crippen molar-refractivity contribution in [2.24, 2.45) is 5.92 Å². The molecule has 2 fully saturated rings. The summed E-state index contributed by atoms with van der Waals surface area (Å²) in [6, 6.07) is 11.0. The quantitative estimate of drug-likeness (QED) is 0.209. The first-order valence-electron chi connectivity index (χ1n) is 13.9. The van der Waals surface area contributed by atoms with Crippen LogP contribution in [0.25, 0.3) is 10.9 Å². The van der Waals surface area contributed by atoms with Gasteiger partial charge >= 0.3 is 0 Å². The summed E-state index contributed by atoms with van der Waals surface area (Å²) in [5, 5.41) is 7.97. The van der Waals surface area contributed by atoms with Crippen LogP contribution in [-0.4, -0.2) is 38.8 Å². The van der Waals surface area contributed by atoms with Gasteiger partial charge in [-0.25, -0.2) is 8.78 Å². The summed E-state index contributed by atoms with van der Waals surface area (Å²) in [4.78, 5) is 17.2. The molecule has 5 nitrogen and oxygen atoms in total. The third-order valence-electron chi connectivity index (χ3n) is 8.68. The number of para-hydroxylation sites is 1. The van der Waals surface area contributed by atoms with Crippen molar-refractivity contribution < 1.29 is 8.78 Å². The molecule has 0 radical (unpaired) electrons. The number of aromatic nitrogens is 2. The van der Waals surface area contributed by atoms with Crippen LogP contribution in [0.4, 0.5) is 8.78 Å². The maximum absolute atomic E-state index is 13.3. The van der Waals surface area contributed by atoms with E-state index in [-0.39, 0.29) is 30.5 Å². The molecule has 0 saturated heterocycles. The van der Waals surface area contributed by atoms with E-state index in [1.807, 2.05) is 25.3 Å². The standard InChI is InChI=1S/C30H38F2N4OS2/c1-17-13-26(39-4)24(28(37)34-17)16-33-29(38)27-19(3)36(25-8-6-5-7-23(25)27)18(2)20-9-11-21(12-10-20)35-22-14-30(31,32)15-22/h5-8,13,18,20-22,35H,9-12,14-16H2,1-4H3,(H,33,38)(H,34,37)/t18-,20?,21?/m1/s1. The molecule has 0 amide bonds. The van der Waals surface area contributed by atoms with Gasteiger partial charge in [0.05, 0.1) is 0 Å². The maximum Gasteiger partial charge on any atom is 0.254 e. The molecule has 2 aliphatic carbocycles. The molecule has 2 aliphatic rings. The van der Waals surface area contributed by atoms with Crippen LogP contribution in [0.2, 0.25) is 0 Å². The molecule has 5 rings (SSSR count). The lowest BCUT2D eigenvalue weighted by Crippen LogP contribution is -2.52. The molecule has 39 heavy (non-hydrogen) atoms. The molecule has 2 aromatic heterocycles. The zero-order valence-corrected chi connectivity index (χ0v) is 24.7. The summed E-state index contributed by atoms with van der Waals surface area (Å²) in [6.07, 6.45) is 6.11. The molecule has 1 aromatic carbocycles. The summed E-state index contributed by atoms with van der Waals surface area (Å²) in [5.74, 6) is -1.97. The molecule has 2 saturated carbocycles. The Bertz CT molecular complexity index is 1420. The van der Waals surface area contributed by atoms with Crippen molar-refractivity contribution in [2.45, 2.75) is 94.8 Å². The van der Waals surface area contributed by atoms with Gasteiger partial charge in [-0.15, -0.1) is 11.8 Å². The lowest BCUT2D eigenvalue weighted by atomic mass is 9.80. The predicted octanol–water partition coefficient (Wildman–Crippen LogP) is 6.64. The van der Waals surface area contributed by atoms with Crippen LogP contribution in [-0.2, 0) is 6.54 Å². The molecular formula is C30H38F2N4OS2. The van der Waals surface area contributed by atoms with Crippen molar-refractivity contribution in [3.05, 3.63) is 63.2 Å². The van der Waals surface area contributed by atoms with E-state index in [1.165, 1.54) is 0 Å². The Balaban J connectivity index is 1.32. The second kappa shape index (κ2) is 11.3. The van der Waals surface area contributed by atoms with Crippen LogP contribution in [0.3, 0.4) is 0 Å². The van der Waals surface area contributed by atoms with Gasteiger partial charge in [0.2, 0.25) is 0 Å². The number of thioether (sulfide) groups is 1. The number of benzene rings is 1. The summed E-state index contributed by atoms with van der Waals surface area (Å²) in [5.41, 5.74) is 4.76. The molecule has 0 aliphatic heterocycles. The number of nitrogens with zero attached hydrogens (tertiary/aromatic N) is 1. The number of aromatic amines is 1. The number of H-pyrrole nitrogens is 1. The molecular weight excluding hydrogens is 534 g/mol. The second-order valence-electron chi connectivity index (χ2n) is 11.3. The Morgan fingerprint density at radius 3 is 2.54 bits per heavy atom. The summed E-state index contributed by atoms with van der Waals surface area (Å²) in [7, 11) is 0. The summed E-state index contributed by atoms with van der Waals surface area (Å²) >= 11 is 7.49. The fourth-order valence-corrected chi connectivity index (χ4v) is 7.62. The van der Waals surface area contributed by atoms with Crippen LogP contribution >= 0.6 is 24.0 Å². The van der Waals surface area contributed by atoms with E-state index >= 15 is 0 Å². The van der Waals surface area contributed by atoms with Crippen molar-refractivity contribution in [3.63, 3.8) is 0 Å². The molecule has 0 bridgehead atoms. The molecule has 0 unspecified atom stereocenters. The third kappa shape index (κ3) is 5.81. The number of aryl methyl sites for hydroxylation is 1. The number of pyridine rings is 1. The SMILES string of the molecule is CSc1cc(C)[nH]c(=O)c1CNC(=S)c1c(C)n([C@H](C)C2CCC(NC3CC(F)(F)C3)CC2)c2ccccc12. The molecule has 3 aromatic rings. The van der Waals surface area contributed by atoms with Crippen molar-refractivity contribution in [1.29, 1.82) is 0 Å². The van der Waals surface area contributed by atoms with Crippen LogP contribution in [0, 0.1) is 19.8 Å². The highest BCUT2D eigenvalue weighted by Crippen LogP contribution is 2.41. The van der Waals surface area contributed by atoms with Gasteiger partial charge in [0.25, 0.3) is 11.5 Å². The lowest BCUT2D eigenvalue weighted by Gasteiger charge is -2.41. The van der Waals surface area contributed by atoms with Gasteiger partial charge in [0, 0.05) is 75.8 Å². The van der Waals surface area contributed by atoms with Gasteiger partial charge in [-0.3, -0.25) is 4.79 Å². The predicted molar refractivity (Wildman–Crippen MR) is 160 cm³/mol. The van der Waals surface area contributed by atoms with E-state index in [4.69, 9.17) is 12.2 Å². The molecule has 3 N–H and O–H groups in total. The summed E-state index contributed by atoms with van der Waals surface area (Å²) < 4.78 is 28.9. The smallest absolute Gasteiger partial charge is 0.254 e. The first kappa shape index (κ1) is 28.3. The van der Waals surface area contributed by atoms with Gasteiger partial charge < -0.3 is 20.2 Å². The van der Waals surface area contributed by atoms with Gasteiger partial charge in [-0.1, -0.05) is 30.4 Å². The number of hydrogen-bond donors (Lipinski definition) is 3. The van der Waals surface area contributed by atoms with Crippen molar-refractivity contribution >= 4 is 39.9 Å². The normalized spacial score (nSPS) is 22.0. The zero-order chi connectivity index (χ0) is 27.9. The number of halogens is 2. The Hall–Kier alpha value is -2.23. The van der Waals surface area contributed by atoms with Crippen LogP contribution in [0.15, 0.2) is 40.0 Å². The third-order valence-corrected chi connectivity index (χ3v) is 9.83. The maximum atomic E-state index is 13.3. The van der Waals surface area contributed by atoms with Crippen molar-refractivity contribution in [2.75, 3.05) is 6.26 Å². The molecule has 1 atom stereocenters. The average molecular weight is 573 g/mol. The minimum atomic E-state index is -2.48. The van der Waals surface area contributed by atoms with E-state index in [1.54, 1.807) is 11.8 Å². The first-order chi connectivity index (χ1) is 18.6. The number of alkyl halides is 2. The zero-order valence-electron chi connectivity index (χ0n) is 23.1. The lowest BCUT2D eigenvalue weighted by molar-refractivity contribution is -0.0957. The van der Waals surface area contributed by atoms with Crippen LogP contribution in [0.5, 0.6) is 0 Å².